The molecule has 0 aliphatic heterocycles. The fourth-order valence-corrected chi connectivity index (χ4v) is 4.54. The van der Waals surface area contributed by atoms with Crippen LogP contribution in [0.3, 0.4) is 0 Å². The molecule has 2 aromatic carbocycles. The Labute approximate surface area is 176 Å². The van der Waals surface area contributed by atoms with Crippen LogP contribution in [0.5, 0.6) is 0 Å². The highest BCUT2D eigenvalue weighted by atomic mass is 79.9. The number of benzene rings is 2. The summed E-state index contributed by atoms with van der Waals surface area (Å²) in [5.74, 6) is -0.421. The Morgan fingerprint density at radius 1 is 1.21 bits per heavy atom. The van der Waals surface area contributed by atoms with E-state index in [0.29, 0.717) is 5.69 Å². The topological polar surface area (TPSA) is 79.4 Å². The van der Waals surface area contributed by atoms with Crippen molar-refractivity contribution in [2.24, 2.45) is 0 Å². The third kappa shape index (κ3) is 4.85. The summed E-state index contributed by atoms with van der Waals surface area (Å²) < 4.78 is 27.0. The molecule has 0 aliphatic rings. The molecule has 6 nitrogen and oxygen atoms in total. The number of anilines is 1. The number of sulfonamides is 1. The molecule has 3 aromatic rings. The molecule has 1 amide bonds. The van der Waals surface area contributed by atoms with Gasteiger partial charge >= 0.3 is 0 Å². The van der Waals surface area contributed by atoms with Crippen molar-refractivity contribution in [2.75, 3.05) is 18.9 Å². The molecule has 0 aliphatic carbocycles. The highest BCUT2D eigenvalue weighted by Crippen LogP contribution is 2.24. The van der Waals surface area contributed by atoms with E-state index >= 15 is 0 Å². The average molecular weight is 480 g/mol. The van der Waals surface area contributed by atoms with E-state index in [-0.39, 0.29) is 11.4 Å². The van der Waals surface area contributed by atoms with Crippen LogP contribution >= 0.6 is 27.3 Å². The van der Waals surface area contributed by atoms with Crippen LogP contribution in [0.4, 0.5) is 5.69 Å². The lowest BCUT2D eigenvalue weighted by atomic mass is 10.1. The Kier molecular flexibility index (Phi) is 6.29. The van der Waals surface area contributed by atoms with Gasteiger partial charge in [-0.25, -0.2) is 13.4 Å². The van der Waals surface area contributed by atoms with E-state index < -0.39 is 15.9 Å². The van der Waals surface area contributed by atoms with E-state index in [2.05, 4.69) is 26.2 Å². The van der Waals surface area contributed by atoms with E-state index in [9.17, 15) is 13.2 Å². The minimum absolute atomic E-state index is 0.131. The van der Waals surface area contributed by atoms with Crippen molar-refractivity contribution in [1.29, 1.82) is 0 Å². The summed E-state index contributed by atoms with van der Waals surface area (Å²) in [6.07, 6.45) is 0. The van der Waals surface area contributed by atoms with Crippen molar-refractivity contribution < 1.29 is 13.2 Å². The van der Waals surface area contributed by atoms with Crippen molar-refractivity contribution in [3.63, 3.8) is 0 Å². The second-order valence-corrected chi connectivity index (χ2v) is 10.1. The van der Waals surface area contributed by atoms with Gasteiger partial charge in [0.2, 0.25) is 15.9 Å². The Balaban J connectivity index is 1.69. The molecule has 0 unspecified atom stereocenters. The zero-order valence-corrected chi connectivity index (χ0v) is 18.4. The number of thiazole rings is 1. The normalized spacial score (nSPS) is 11.6. The first-order valence-electron chi connectivity index (χ1n) is 8.30. The Morgan fingerprint density at radius 3 is 2.57 bits per heavy atom. The third-order valence-electron chi connectivity index (χ3n) is 3.95. The lowest BCUT2D eigenvalue weighted by molar-refractivity contribution is -0.116. The Morgan fingerprint density at radius 2 is 1.93 bits per heavy atom. The minimum atomic E-state index is -3.75. The van der Waals surface area contributed by atoms with Crippen LogP contribution in [0.2, 0.25) is 0 Å². The van der Waals surface area contributed by atoms with Gasteiger partial charge < -0.3 is 5.32 Å². The number of hydrogen-bond donors (Lipinski definition) is 1. The fraction of sp³-hybridized carbons (Fsp3) is 0.158. The Hall–Kier alpha value is -2.07. The number of nitrogens with zero attached hydrogens (tertiary/aromatic N) is 2. The van der Waals surface area contributed by atoms with Crippen molar-refractivity contribution in [3.8, 4) is 11.3 Å². The van der Waals surface area contributed by atoms with Crippen LogP contribution in [0.15, 0.2) is 63.3 Å². The first-order chi connectivity index (χ1) is 13.3. The van der Waals surface area contributed by atoms with Crippen LogP contribution in [-0.4, -0.2) is 37.2 Å². The smallest absolute Gasteiger partial charge is 0.243 e. The van der Waals surface area contributed by atoms with E-state index in [1.54, 1.807) is 29.5 Å². The number of carbonyl (C=O) groups excluding carboxylic acids is 1. The number of likely N-dealkylation sites (N-methyl/N-ethyl adjacent to an activating group) is 1. The van der Waals surface area contributed by atoms with Crippen molar-refractivity contribution in [1.82, 2.24) is 9.29 Å². The predicted molar refractivity (Wildman–Crippen MR) is 115 cm³/mol. The molecular formula is C19H18BrN3O3S2. The molecule has 3 rings (SSSR count). The number of aryl methyl sites for hydroxylation is 1. The maximum Gasteiger partial charge on any atom is 0.243 e. The zero-order chi connectivity index (χ0) is 20.3. The maximum atomic E-state index is 12.6. The molecule has 1 heterocycles. The summed E-state index contributed by atoms with van der Waals surface area (Å²) in [7, 11) is -2.37. The summed E-state index contributed by atoms with van der Waals surface area (Å²) in [6, 6.07) is 13.6. The van der Waals surface area contributed by atoms with Gasteiger partial charge in [0.15, 0.2) is 0 Å². The number of aromatic nitrogens is 1. The number of rotatable bonds is 6. The van der Waals surface area contributed by atoms with E-state index in [1.807, 2.05) is 30.5 Å². The van der Waals surface area contributed by atoms with Crippen LogP contribution in [0.1, 0.15) is 5.01 Å². The van der Waals surface area contributed by atoms with E-state index in [4.69, 9.17) is 0 Å². The third-order valence-corrected chi connectivity index (χ3v) is 7.07. The van der Waals surface area contributed by atoms with Crippen molar-refractivity contribution in [2.45, 2.75) is 11.8 Å². The first kappa shape index (κ1) is 20.7. The number of amides is 1. The molecule has 0 atom stereocenters. The number of nitrogens with one attached hydrogen (secondary N) is 1. The van der Waals surface area contributed by atoms with Gasteiger partial charge in [0, 0.05) is 28.2 Å². The largest absolute Gasteiger partial charge is 0.325 e. The summed E-state index contributed by atoms with van der Waals surface area (Å²) >= 11 is 4.83. The van der Waals surface area contributed by atoms with Crippen LogP contribution in [0, 0.1) is 6.92 Å². The van der Waals surface area contributed by atoms with Crippen LogP contribution in [0.25, 0.3) is 11.3 Å². The molecule has 0 bridgehead atoms. The monoisotopic (exact) mass is 479 g/mol. The first-order valence-corrected chi connectivity index (χ1v) is 11.4. The summed E-state index contributed by atoms with van der Waals surface area (Å²) in [5, 5.41) is 5.66. The van der Waals surface area contributed by atoms with E-state index in [0.717, 1.165) is 25.0 Å². The van der Waals surface area contributed by atoms with Crippen LogP contribution < -0.4 is 5.32 Å². The van der Waals surface area contributed by atoms with Gasteiger partial charge in [-0.2, -0.15) is 4.31 Å². The standard InChI is InChI=1S/C19H18BrN3O3S2/c1-13-21-18(12-27-13)14-4-3-5-16(10-14)22-19(24)11-23(2)28(25,26)17-8-6-15(20)7-9-17/h3-10,12H,11H2,1-2H3,(H,22,24). The van der Waals surface area contributed by atoms with Gasteiger partial charge in [-0.3, -0.25) is 4.79 Å². The molecule has 1 N–H and O–H groups in total. The van der Waals surface area contributed by atoms with Gasteiger partial charge in [-0.15, -0.1) is 11.3 Å². The molecule has 9 heteroatoms. The highest BCUT2D eigenvalue weighted by Gasteiger charge is 2.23. The van der Waals surface area contributed by atoms with Crippen molar-refractivity contribution in [3.05, 3.63) is 63.4 Å². The summed E-state index contributed by atoms with van der Waals surface area (Å²) in [6.45, 7) is 1.64. The van der Waals surface area contributed by atoms with Crippen LogP contribution in [-0.2, 0) is 14.8 Å². The molecule has 0 spiro atoms. The SMILES string of the molecule is Cc1nc(-c2cccc(NC(=O)CN(C)S(=O)(=O)c3ccc(Br)cc3)c2)cs1. The molecule has 0 radical (unpaired) electrons. The number of hydrogen-bond acceptors (Lipinski definition) is 5. The molecule has 146 valence electrons. The lowest BCUT2D eigenvalue weighted by Crippen LogP contribution is -2.34. The highest BCUT2D eigenvalue weighted by molar-refractivity contribution is 9.10. The van der Waals surface area contributed by atoms with Gasteiger partial charge in [0.1, 0.15) is 0 Å². The molecule has 0 saturated carbocycles. The van der Waals surface area contributed by atoms with Crippen molar-refractivity contribution >= 4 is 48.9 Å². The molecule has 0 saturated heterocycles. The number of halogens is 1. The van der Waals surface area contributed by atoms with Gasteiger partial charge in [-0.05, 0) is 43.3 Å². The quantitative estimate of drug-likeness (QED) is 0.575. The second kappa shape index (κ2) is 8.52. The minimum Gasteiger partial charge on any atom is -0.325 e. The fourth-order valence-electron chi connectivity index (χ4n) is 2.53. The molecule has 0 fully saturated rings. The predicted octanol–water partition coefficient (Wildman–Crippen LogP) is 4.14. The molecular weight excluding hydrogens is 462 g/mol. The molecule has 28 heavy (non-hydrogen) atoms. The van der Waals surface area contributed by atoms with Gasteiger partial charge in [0.25, 0.3) is 0 Å². The van der Waals surface area contributed by atoms with Gasteiger partial charge in [-0.1, -0.05) is 28.1 Å². The average Bonchev–Trinajstić information content (AvgIpc) is 3.08. The number of carbonyl (C=O) groups is 1. The maximum absolute atomic E-state index is 12.6. The zero-order valence-electron chi connectivity index (χ0n) is 15.2. The molecule has 1 aromatic heterocycles. The summed E-state index contributed by atoms with van der Waals surface area (Å²) in [4.78, 5) is 16.9. The van der Waals surface area contributed by atoms with Gasteiger partial charge in [0.05, 0.1) is 22.1 Å². The lowest BCUT2D eigenvalue weighted by Gasteiger charge is -2.17. The summed E-state index contributed by atoms with van der Waals surface area (Å²) in [5.41, 5.74) is 2.31. The van der Waals surface area contributed by atoms with E-state index in [1.165, 1.54) is 19.2 Å². The Bertz CT molecular complexity index is 1100. The second-order valence-electron chi connectivity index (χ2n) is 6.10.